The molecule has 0 bridgehead atoms. The first kappa shape index (κ1) is 13.6. The maximum atomic E-state index is 13.0. The molecule has 104 valence electrons. The molecule has 20 heavy (non-hydrogen) atoms. The Morgan fingerprint density at radius 1 is 1.10 bits per heavy atom. The van der Waals surface area contributed by atoms with Crippen LogP contribution in [0.5, 0.6) is 0 Å². The van der Waals surface area contributed by atoms with Crippen LogP contribution in [0.25, 0.3) is 0 Å². The summed E-state index contributed by atoms with van der Waals surface area (Å²) in [6, 6.07) is 14.8. The molecule has 2 aromatic rings. The number of benzene rings is 2. The fourth-order valence-electron chi connectivity index (χ4n) is 2.61. The zero-order valence-electron chi connectivity index (χ0n) is 11.2. The lowest BCUT2D eigenvalue weighted by Crippen LogP contribution is -2.26. The van der Waals surface area contributed by atoms with Crippen molar-refractivity contribution in [2.75, 3.05) is 6.54 Å². The molecule has 0 saturated heterocycles. The Hall–Kier alpha value is -1.38. The van der Waals surface area contributed by atoms with Gasteiger partial charge in [-0.15, -0.1) is 0 Å². The van der Waals surface area contributed by atoms with Gasteiger partial charge in [-0.1, -0.05) is 35.9 Å². The highest BCUT2D eigenvalue weighted by Gasteiger charge is 2.43. The van der Waals surface area contributed by atoms with Gasteiger partial charge in [-0.05, 0) is 48.2 Å². The van der Waals surface area contributed by atoms with Crippen LogP contribution in [0.4, 0.5) is 4.39 Å². The minimum absolute atomic E-state index is 0.170. The summed E-state index contributed by atoms with van der Waals surface area (Å²) in [6.07, 6.45) is 2.34. The van der Waals surface area contributed by atoms with E-state index in [2.05, 4.69) is 11.4 Å². The average Bonchev–Trinajstić information content (AvgIpc) is 3.21. The van der Waals surface area contributed by atoms with E-state index < -0.39 is 0 Å². The second kappa shape index (κ2) is 5.55. The first-order valence-electron chi connectivity index (χ1n) is 6.89. The average molecular weight is 290 g/mol. The topological polar surface area (TPSA) is 12.0 Å². The fraction of sp³-hybridized carbons (Fsp3) is 0.294. The van der Waals surface area contributed by atoms with Gasteiger partial charge in [0, 0.05) is 23.5 Å². The van der Waals surface area contributed by atoms with E-state index in [4.69, 9.17) is 11.6 Å². The largest absolute Gasteiger partial charge is 0.312 e. The first-order valence-corrected chi connectivity index (χ1v) is 7.27. The van der Waals surface area contributed by atoms with Crippen molar-refractivity contribution in [3.8, 4) is 0 Å². The SMILES string of the molecule is Fc1ccc(C2(CNCc3cccc(Cl)c3)CC2)cc1. The van der Waals surface area contributed by atoms with Gasteiger partial charge in [-0.25, -0.2) is 4.39 Å². The Morgan fingerprint density at radius 2 is 1.85 bits per heavy atom. The summed E-state index contributed by atoms with van der Waals surface area (Å²) in [4.78, 5) is 0. The van der Waals surface area contributed by atoms with Crippen LogP contribution in [0.2, 0.25) is 5.02 Å². The maximum Gasteiger partial charge on any atom is 0.123 e. The van der Waals surface area contributed by atoms with Crippen LogP contribution in [0.3, 0.4) is 0 Å². The molecular formula is C17H17ClFN. The van der Waals surface area contributed by atoms with Crippen molar-refractivity contribution in [3.63, 3.8) is 0 Å². The summed E-state index contributed by atoms with van der Waals surface area (Å²) in [5, 5.41) is 4.26. The molecule has 0 amide bonds. The number of halogens is 2. The Bertz CT molecular complexity index is 590. The molecule has 0 heterocycles. The normalized spacial score (nSPS) is 16.1. The minimum atomic E-state index is -0.170. The quantitative estimate of drug-likeness (QED) is 0.865. The number of nitrogens with one attached hydrogen (secondary N) is 1. The van der Waals surface area contributed by atoms with E-state index in [1.165, 1.54) is 24.0 Å². The molecule has 3 heteroatoms. The molecule has 0 unspecified atom stereocenters. The molecule has 2 aromatic carbocycles. The zero-order chi connectivity index (χ0) is 14.0. The van der Waals surface area contributed by atoms with E-state index in [0.717, 1.165) is 18.1 Å². The third kappa shape index (κ3) is 3.02. The summed E-state index contributed by atoms with van der Waals surface area (Å²) >= 11 is 5.97. The highest BCUT2D eigenvalue weighted by molar-refractivity contribution is 6.30. The van der Waals surface area contributed by atoms with Crippen molar-refractivity contribution < 1.29 is 4.39 Å². The van der Waals surface area contributed by atoms with Crippen LogP contribution >= 0.6 is 11.6 Å². The summed E-state index contributed by atoms with van der Waals surface area (Å²) in [7, 11) is 0. The van der Waals surface area contributed by atoms with E-state index in [9.17, 15) is 4.39 Å². The van der Waals surface area contributed by atoms with Gasteiger partial charge in [0.2, 0.25) is 0 Å². The van der Waals surface area contributed by atoms with Crippen molar-refractivity contribution in [1.29, 1.82) is 0 Å². The van der Waals surface area contributed by atoms with Gasteiger partial charge in [0.05, 0.1) is 0 Å². The summed E-state index contributed by atoms with van der Waals surface area (Å²) in [5.41, 5.74) is 2.62. The highest BCUT2D eigenvalue weighted by Crippen LogP contribution is 2.47. The first-order chi connectivity index (χ1) is 9.68. The molecule has 0 atom stereocenters. The van der Waals surface area contributed by atoms with Crippen molar-refractivity contribution in [1.82, 2.24) is 5.32 Å². The lowest BCUT2D eigenvalue weighted by Gasteiger charge is -2.16. The van der Waals surface area contributed by atoms with Gasteiger partial charge in [-0.2, -0.15) is 0 Å². The molecule has 1 nitrogen and oxygen atoms in total. The fourth-order valence-corrected chi connectivity index (χ4v) is 2.83. The predicted octanol–water partition coefficient (Wildman–Crippen LogP) is 4.30. The highest BCUT2D eigenvalue weighted by atomic mass is 35.5. The van der Waals surface area contributed by atoms with Crippen LogP contribution in [0.1, 0.15) is 24.0 Å². The molecular weight excluding hydrogens is 273 g/mol. The molecule has 1 fully saturated rings. The molecule has 0 aliphatic heterocycles. The van der Waals surface area contributed by atoms with Crippen LogP contribution < -0.4 is 5.32 Å². The number of rotatable bonds is 5. The van der Waals surface area contributed by atoms with Gasteiger partial charge < -0.3 is 5.32 Å². The lowest BCUT2D eigenvalue weighted by atomic mass is 9.96. The smallest absolute Gasteiger partial charge is 0.123 e. The molecule has 1 N–H and O–H groups in total. The van der Waals surface area contributed by atoms with Gasteiger partial charge >= 0.3 is 0 Å². The molecule has 0 radical (unpaired) electrons. The third-order valence-corrected chi connectivity index (χ3v) is 4.23. The van der Waals surface area contributed by atoms with E-state index in [-0.39, 0.29) is 11.2 Å². The van der Waals surface area contributed by atoms with Crippen LogP contribution in [-0.4, -0.2) is 6.54 Å². The van der Waals surface area contributed by atoms with Gasteiger partial charge in [0.15, 0.2) is 0 Å². The van der Waals surface area contributed by atoms with Gasteiger partial charge in [0.1, 0.15) is 5.82 Å². The molecule has 3 rings (SSSR count). The Balaban J connectivity index is 1.59. The second-order valence-corrected chi connectivity index (χ2v) is 5.96. The Morgan fingerprint density at radius 3 is 2.50 bits per heavy atom. The zero-order valence-corrected chi connectivity index (χ0v) is 12.0. The third-order valence-electron chi connectivity index (χ3n) is 3.99. The van der Waals surface area contributed by atoms with Gasteiger partial charge in [-0.3, -0.25) is 0 Å². The molecule has 1 aliphatic rings. The van der Waals surface area contributed by atoms with Crippen molar-refractivity contribution >= 4 is 11.6 Å². The van der Waals surface area contributed by atoms with Crippen molar-refractivity contribution in [2.45, 2.75) is 24.8 Å². The van der Waals surface area contributed by atoms with E-state index in [0.29, 0.717) is 0 Å². The summed E-state index contributed by atoms with van der Waals surface area (Å²) in [6.45, 7) is 1.73. The minimum Gasteiger partial charge on any atom is -0.312 e. The van der Waals surface area contributed by atoms with E-state index in [1.54, 1.807) is 12.1 Å². The second-order valence-electron chi connectivity index (χ2n) is 5.52. The molecule has 1 aliphatic carbocycles. The standard InChI is InChI=1S/C17H17ClFN/c18-15-3-1-2-13(10-15)11-20-12-17(8-9-17)14-4-6-16(19)7-5-14/h1-7,10,20H,8-9,11-12H2. The van der Waals surface area contributed by atoms with Crippen LogP contribution in [0, 0.1) is 5.82 Å². The lowest BCUT2D eigenvalue weighted by molar-refractivity contribution is 0.571. The molecule has 0 aromatic heterocycles. The van der Waals surface area contributed by atoms with E-state index in [1.807, 2.05) is 30.3 Å². The summed E-state index contributed by atoms with van der Waals surface area (Å²) < 4.78 is 13.0. The van der Waals surface area contributed by atoms with Crippen LogP contribution in [0.15, 0.2) is 48.5 Å². The van der Waals surface area contributed by atoms with Gasteiger partial charge in [0.25, 0.3) is 0 Å². The van der Waals surface area contributed by atoms with Crippen molar-refractivity contribution in [3.05, 3.63) is 70.5 Å². The molecule has 0 spiro atoms. The number of hydrogen-bond acceptors (Lipinski definition) is 1. The monoisotopic (exact) mass is 289 g/mol. The van der Waals surface area contributed by atoms with E-state index >= 15 is 0 Å². The Labute approximate surface area is 123 Å². The number of hydrogen-bond donors (Lipinski definition) is 1. The Kier molecular flexibility index (Phi) is 3.77. The van der Waals surface area contributed by atoms with Crippen molar-refractivity contribution in [2.24, 2.45) is 0 Å². The molecule has 1 saturated carbocycles. The maximum absolute atomic E-state index is 13.0. The van der Waals surface area contributed by atoms with Crippen LogP contribution in [-0.2, 0) is 12.0 Å². The summed E-state index contributed by atoms with van der Waals surface area (Å²) in [5.74, 6) is -0.170. The predicted molar refractivity (Wildman–Crippen MR) is 80.5 cm³/mol.